The van der Waals surface area contributed by atoms with Gasteiger partial charge in [0.1, 0.15) is 17.2 Å². The van der Waals surface area contributed by atoms with Gasteiger partial charge in [0.15, 0.2) is 17.7 Å². The number of hydrogen-bond acceptors (Lipinski definition) is 5. The number of aromatic hydroxyl groups is 1. The lowest BCUT2D eigenvalue weighted by molar-refractivity contribution is -0.0417. The van der Waals surface area contributed by atoms with Crippen LogP contribution in [0.3, 0.4) is 0 Å². The first-order valence-electron chi connectivity index (χ1n) is 9.11. The van der Waals surface area contributed by atoms with Crippen molar-refractivity contribution in [2.24, 2.45) is 0 Å². The quantitative estimate of drug-likeness (QED) is 0.788. The van der Waals surface area contributed by atoms with E-state index in [1.807, 2.05) is 0 Å². The Hall–Kier alpha value is -3.69. The second kappa shape index (κ2) is 7.29. The zero-order valence-electron chi connectivity index (χ0n) is 15.8. The predicted octanol–water partition coefficient (Wildman–Crippen LogP) is 1.48. The molecule has 0 bridgehead atoms. The van der Waals surface area contributed by atoms with Gasteiger partial charge in [-0.3, -0.25) is 19.3 Å². The smallest absolute Gasteiger partial charge is 0.277 e. The molecular formula is C20H17F2N3O5. The van der Waals surface area contributed by atoms with Crippen LogP contribution in [0.1, 0.15) is 33.3 Å². The minimum atomic E-state index is -1.02. The fraction of sp³-hybridized carbons (Fsp3) is 0.250. The highest BCUT2D eigenvalue weighted by Gasteiger charge is 2.40. The Morgan fingerprint density at radius 1 is 1.33 bits per heavy atom. The maximum absolute atomic E-state index is 13.7. The van der Waals surface area contributed by atoms with Crippen LogP contribution in [-0.2, 0) is 17.8 Å². The van der Waals surface area contributed by atoms with E-state index in [0.717, 1.165) is 12.3 Å². The van der Waals surface area contributed by atoms with E-state index in [9.17, 15) is 28.3 Å². The van der Waals surface area contributed by atoms with E-state index in [1.165, 1.54) is 21.8 Å². The summed E-state index contributed by atoms with van der Waals surface area (Å²) in [4.78, 5) is 39.2. The van der Waals surface area contributed by atoms with Gasteiger partial charge in [0.25, 0.3) is 11.8 Å². The molecule has 2 aromatic rings. The Bertz CT molecular complexity index is 1140. The van der Waals surface area contributed by atoms with Gasteiger partial charge in [-0.1, -0.05) is 6.07 Å². The van der Waals surface area contributed by atoms with Gasteiger partial charge in [-0.2, -0.15) is 0 Å². The molecule has 1 aromatic carbocycles. The van der Waals surface area contributed by atoms with Crippen molar-refractivity contribution in [3.63, 3.8) is 0 Å². The van der Waals surface area contributed by atoms with Gasteiger partial charge in [-0.05, 0) is 19.1 Å². The van der Waals surface area contributed by atoms with Crippen LogP contribution in [0.2, 0.25) is 0 Å². The Morgan fingerprint density at radius 2 is 2.10 bits per heavy atom. The molecule has 2 aliphatic rings. The SMILES string of the molecule is C[C@@H]1C=CO[C@H]2Cn3cc(C(=O)NCc4ccc(F)cc4F)c(=O)c(O)c3C(=O)N12. The molecule has 0 unspecified atom stereocenters. The lowest BCUT2D eigenvalue weighted by Gasteiger charge is -2.41. The lowest BCUT2D eigenvalue weighted by atomic mass is 10.1. The Balaban J connectivity index is 1.63. The van der Waals surface area contributed by atoms with Crippen LogP contribution in [0.25, 0.3) is 0 Å². The highest BCUT2D eigenvalue weighted by Crippen LogP contribution is 2.28. The van der Waals surface area contributed by atoms with Crippen molar-refractivity contribution in [1.29, 1.82) is 0 Å². The molecule has 0 saturated carbocycles. The summed E-state index contributed by atoms with van der Waals surface area (Å²) in [6.45, 7) is 1.56. The molecule has 2 atom stereocenters. The molecule has 0 aliphatic carbocycles. The van der Waals surface area contributed by atoms with Gasteiger partial charge < -0.3 is 19.7 Å². The number of fused-ring (bicyclic) bond motifs is 2. The monoisotopic (exact) mass is 417 g/mol. The maximum atomic E-state index is 13.7. The number of amides is 2. The molecule has 1 aromatic heterocycles. The average Bonchev–Trinajstić information content (AvgIpc) is 2.69. The number of halogens is 2. The van der Waals surface area contributed by atoms with Crippen LogP contribution < -0.4 is 10.7 Å². The van der Waals surface area contributed by atoms with Crippen LogP contribution in [-0.4, -0.2) is 38.7 Å². The van der Waals surface area contributed by atoms with Gasteiger partial charge in [-0.15, -0.1) is 0 Å². The molecule has 4 rings (SSSR count). The standard InChI is InChI=1S/C20H17F2N3O5/c1-10-4-5-30-15-9-24-8-13(17(26)18(27)16(24)20(29)25(10)15)19(28)23-7-11-2-3-12(21)6-14(11)22/h2-6,8,10,15,27H,7,9H2,1H3,(H,23,28)/t10-,15+/m1/s1. The number of benzene rings is 1. The van der Waals surface area contributed by atoms with Crippen molar-refractivity contribution in [3.8, 4) is 5.75 Å². The summed E-state index contributed by atoms with van der Waals surface area (Å²) in [7, 11) is 0. The zero-order valence-corrected chi connectivity index (χ0v) is 15.8. The van der Waals surface area contributed by atoms with E-state index in [0.29, 0.717) is 6.07 Å². The number of carbonyl (C=O) groups is 2. The summed E-state index contributed by atoms with van der Waals surface area (Å²) in [6.07, 6.45) is 3.64. The first-order valence-corrected chi connectivity index (χ1v) is 9.11. The van der Waals surface area contributed by atoms with Crippen molar-refractivity contribution in [1.82, 2.24) is 14.8 Å². The summed E-state index contributed by atoms with van der Waals surface area (Å²) in [5, 5.41) is 12.7. The summed E-state index contributed by atoms with van der Waals surface area (Å²) in [5.74, 6) is -3.92. The molecule has 0 saturated heterocycles. The molecule has 10 heteroatoms. The molecule has 0 radical (unpaired) electrons. The fourth-order valence-corrected chi connectivity index (χ4v) is 3.52. The van der Waals surface area contributed by atoms with Crippen molar-refractivity contribution >= 4 is 11.8 Å². The number of ether oxygens (including phenoxy) is 1. The second-order valence-corrected chi connectivity index (χ2v) is 7.01. The number of pyridine rings is 1. The Kier molecular flexibility index (Phi) is 4.76. The van der Waals surface area contributed by atoms with E-state index in [1.54, 1.807) is 13.0 Å². The van der Waals surface area contributed by atoms with Gasteiger partial charge in [0, 0.05) is 24.4 Å². The molecule has 8 nitrogen and oxygen atoms in total. The van der Waals surface area contributed by atoms with Crippen molar-refractivity contribution < 1.29 is 28.2 Å². The first kappa shape index (κ1) is 19.6. The number of rotatable bonds is 3. The van der Waals surface area contributed by atoms with Crippen LogP contribution in [0, 0.1) is 11.6 Å². The summed E-state index contributed by atoms with van der Waals surface area (Å²) in [5.41, 5.74) is -1.65. The highest BCUT2D eigenvalue weighted by atomic mass is 19.1. The third-order valence-corrected chi connectivity index (χ3v) is 5.09. The molecular weight excluding hydrogens is 400 g/mol. The molecule has 156 valence electrons. The molecule has 0 spiro atoms. The third-order valence-electron chi connectivity index (χ3n) is 5.09. The average molecular weight is 417 g/mol. The minimum Gasteiger partial charge on any atom is -0.503 e. The van der Waals surface area contributed by atoms with Crippen LogP contribution in [0.4, 0.5) is 8.78 Å². The normalized spacial score (nSPS) is 19.7. The zero-order chi connectivity index (χ0) is 21.6. The van der Waals surface area contributed by atoms with Crippen LogP contribution in [0.5, 0.6) is 5.75 Å². The lowest BCUT2D eigenvalue weighted by Crippen LogP contribution is -2.54. The number of aromatic nitrogens is 1. The predicted molar refractivity (Wildman–Crippen MR) is 99.5 cm³/mol. The number of hydrogen-bond donors (Lipinski definition) is 2. The van der Waals surface area contributed by atoms with Crippen molar-refractivity contribution in [2.75, 3.05) is 0 Å². The number of carbonyl (C=O) groups excluding carboxylic acids is 2. The summed E-state index contributed by atoms with van der Waals surface area (Å²) < 4.78 is 33.5. The van der Waals surface area contributed by atoms with E-state index in [-0.39, 0.29) is 30.4 Å². The Morgan fingerprint density at radius 3 is 2.83 bits per heavy atom. The van der Waals surface area contributed by atoms with Gasteiger partial charge in [0.05, 0.1) is 18.8 Å². The van der Waals surface area contributed by atoms with Crippen LogP contribution >= 0.6 is 0 Å². The largest absolute Gasteiger partial charge is 0.503 e. The highest BCUT2D eigenvalue weighted by molar-refractivity contribution is 5.99. The van der Waals surface area contributed by atoms with E-state index in [4.69, 9.17) is 4.74 Å². The summed E-state index contributed by atoms with van der Waals surface area (Å²) in [6, 6.07) is 2.59. The molecule has 0 fully saturated rings. The first-order chi connectivity index (χ1) is 14.3. The van der Waals surface area contributed by atoms with Crippen molar-refractivity contribution in [2.45, 2.75) is 32.3 Å². The van der Waals surface area contributed by atoms with E-state index < -0.39 is 46.4 Å². The fourth-order valence-electron chi connectivity index (χ4n) is 3.52. The summed E-state index contributed by atoms with van der Waals surface area (Å²) >= 11 is 0. The maximum Gasteiger partial charge on any atom is 0.277 e. The molecule has 2 N–H and O–H groups in total. The molecule has 3 heterocycles. The molecule has 2 amide bonds. The number of nitrogens with one attached hydrogen (secondary N) is 1. The minimum absolute atomic E-state index is 0.0224. The van der Waals surface area contributed by atoms with E-state index >= 15 is 0 Å². The van der Waals surface area contributed by atoms with E-state index in [2.05, 4.69) is 5.32 Å². The second-order valence-electron chi connectivity index (χ2n) is 7.01. The number of nitrogens with zero attached hydrogens (tertiary/aromatic N) is 2. The molecule has 2 aliphatic heterocycles. The van der Waals surface area contributed by atoms with Gasteiger partial charge in [-0.25, -0.2) is 8.78 Å². The Labute approximate surface area is 169 Å². The topological polar surface area (TPSA) is 101 Å². The molecule has 30 heavy (non-hydrogen) atoms. The van der Waals surface area contributed by atoms with Crippen molar-refractivity contribution in [3.05, 3.63) is 75.4 Å². The van der Waals surface area contributed by atoms with Crippen LogP contribution in [0.15, 0.2) is 41.5 Å². The van der Waals surface area contributed by atoms with Gasteiger partial charge >= 0.3 is 0 Å². The third kappa shape index (κ3) is 3.19. The van der Waals surface area contributed by atoms with Gasteiger partial charge in [0.2, 0.25) is 5.43 Å².